The number of sulfonamides is 1. The zero-order valence-corrected chi connectivity index (χ0v) is 20.6. The summed E-state index contributed by atoms with van der Waals surface area (Å²) in [6.45, 7) is 4.88. The Morgan fingerprint density at radius 2 is 1.76 bits per heavy atom. The van der Waals surface area contributed by atoms with Gasteiger partial charge >= 0.3 is 5.97 Å². The minimum Gasteiger partial charge on any atom is -0.451 e. The first-order valence-corrected chi connectivity index (χ1v) is 12.7. The highest BCUT2D eigenvalue weighted by atomic mass is 32.2. The summed E-state index contributed by atoms with van der Waals surface area (Å²) in [4.78, 5) is 31.8. The number of nitrogens with one attached hydrogen (secondary N) is 1. The van der Waals surface area contributed by atoms with E-state index in [9.17, 15) is 18.0 Å². The number of Topliss-reactive ketones (excluding diaryl/α,β-unsaturated/α-hetero) is 1. The molecule has 1 aliphatic rings. The van der Waals surface area contributed by atoms with Crippen LogP contribution in [0.1, 0.15) is 46.2 Å². The molecule has 0 amide bonds. The molecule has 0 saturated carbocycles. The number of para-hydroxylation sites is 1. The first-order chi connectivity index (χ1) is 16.1. The number of fused-ring (bicyclic) bond motifs is 1. The van der Waals surface area contributed by atoms with Crippen molar-refractivity contribution >= 4 is 38.4 Å². The van der Waals surface area contributed by atoms with Crippen LogP contribution in [0.5, 0.6) is 0 Å². The molecule has 1 N–H and O–H groups in total. The van der Waals surface area contributed by atoms with Gasteiger partial charge in [0, 0.05) is 49.3 Å². The maximum atomic E-state index is 13.3. The van der Waals surface area contributed by atoms with Crippen molar-refractivity contribution in [2.45, 2.75) is 37.7 Å². The quantitative estimate of drug-likeness (QED) is 0.406. The van der Waals surface area contributed by atoms with Gasteiger partial charge in [-0.2, -0.15) is 0 Å². The normalized spacial score (nSPS) is 15.1. The zero-order valence-electron chi connectivity index (χ0n) is 19.8. The SMILES string of the molecule is Cc1[nH]c2ccccc2c1C(=O)[C@@H](C)OC(=O)c1cc(S(=O)(=O)N(C)C)ccc1N1CCCC1. The number of aromatic amines is 1. The number of aryl methyl sites for hydroxylation is 1. The lowest BCUT2D eigenvalue weighted by Crippen LogP contribution is -2.28. The molecule has 0 unspecified atom stereocenters. The summed E-state index contributed by atoms with van der Waals surface area (Å²) in [5.74, 6) is -1.04. The monoisotopic (exact) mass is 483 g/mol. The van der Waals surface area contributed by atoms with Gasteiger partial charge in [-0.1, -0.05) is 18.2 Å². The van der Waals surface area contributed by atoms with Crippen LogP contribution in [0.2, 0.25) is 0 Å². The van der Waals surface area contributed by atoms with Gasteiger partial charge in [-0.15, -0.1) is 0 Å². The Hall–Kier alpha value is -3.17. The number of esters is 1. The number of carbonyl (C=O) groups excluding carboxylic acids is 2. The molecule has 34 heavy (non-hydrogen) atoms. The Labute approximate surface area is 199 Å². The van der Waals surface area contributed by atoms with Crippen LogP contribution in [0.25, 0.3) is 10.9 Å². The predicted octanol–water partition coefficient (Wildman–Crippen LogP) is 3.76. The second-order valence-electron chi connectivity index (χ2n) is 8.74. The van der Waals surface area contributed by atoms with Crippen LogP contribution in [-0.2, 0) is 14.8 Å². The number of hydrogen-bond acceptors (Lipinski definition) is 6. The fourth-order valence-electron chi connectivity index (χ4n) is 4.36. The first kappa shape index (κ1) is 24.0. The van der Waals surface area contributed by atoms with Crippen molar-refractivity contribution in [1.29, 1.82) is 0 Å². The van der Waals surface area contributed by atoms with Crippen LogP contribution >= 0.6 is 0 Å². The fourth-order valence-corrected chi connectivity index (χ4v) is 5.29. The van der Waals surface area contributed by atoms with Gasteiger partial charge < -0.3 is 14.6 Å². The molecular weight excluding hydrogens is 454 g/mol. The smallest absolute Gasteiger partial charge is 0.341 e. The Morgan fingerprint density at radius 1 is 1.09 bits per heavy atom. The molecule has 1 aromatic heterocycles. The van der Waals surface area contributed by atoms with E-state index in [0.29, 0.717) is 16.9 Å². The summed E-state index contributed by atoms with van der Waals surface area (Å²) in [6.07, 6.45) is 0.924. The minimum atomic E-state index is -3.75. The minimum absolute atomic E-state index is 0.00107. The number of carbonyl (C=O) groups is 2. The number of hydrogen-bond donors (Lipinski definition) is 1. The van der Waals surface area contributed by atoms with Crippen molar-refractivity contribution in [1.82, 2.24) is 9.29 Å². The average Bonchev–Trinajstić information content (AvgIpc) is 3.45. The number of benzene rings is 2. The van der Waals surface area contributed by atoms with Crippen molar-refractivity contribution in [3.8, 4) is 0 Å². The highest BCUT2D eigenvalue weighted by Gasteiger charge is 2.29. The van der Waals surface area contributed by atoms with E-state index in [2.05, 4.69) is 4.98 Å². The van der Waals surface area contributed by atoms with Crippen molar-refractivity contribution in [2.75, 3.05) is 32.1 Å². The van der Waals surface area contributed by atoms with Crippen LogP contribution in [0.3, 0.4) is 0 Å². The number of ketones is 1. The molecule has 1 aliphatic heterocycles. The van der Waals surface area contributed by atoms with E-state index < -0.39 is 22.1 Å². The maximum Gasteiger partial charge on any atom is 0.341 e. The van der Waals surface area contributed by atoms with Gasteiger partial charge in [0.1, 0.15) is 0 Å². The average molecular weight is 484 g/mol. The lowest BCUT2D eigenvalue weighted by atomic mass is 10.0. The molecule has 0 radical (unpaired) electrons. The predicted molar refractivity (Wildman–Crippen MR) is 131 cm³/mol. The summed E-state index contributed by atoms with van der Waals surface area (Å²) >= 11 is 0. The molecular formula is C25H29N3O5S. The van der Waals surface area contributed by atoms with E-state index in [4.69, 9.17) is 4.74 Å². The van der Waals surface area contributed by atoms with E-state index in [-0.39, 0.29) is 16.2 Å². The zero-order chi connectivity index (χ0) is 24.6. The molecule has 0 bridgehead atoms. The second-order valence-corrected chi connectivity index (χ2v) is 10.9. The topological polar surface area (TPSA) is 99.8 Å². The first-order valence-electron chi connectivity index (χ1n) is 11.3. The number of H-pyrrole nitrogens is 1. The summed E-state index contributed by atoms with van der Waals surface area (Å²) in [5, 5.41) is 0.768. The van der Waals surface area contributed by atoms with Gasteiger partial charge in [-0.3, -0.25) is 4.79 Å². The number of anilines is 1. The van der Waals surface area contributed by atoms with Crippen LogP contribution in [0, 0.1) is 6.92 Å². The number of rotatable bonds is 7. The number of aromatic nitrogens is 1. The van der Waals surface area contributed by atoms with E-state index in [0.717, 1.165) is 41.1 Å². The van der Waals surface area contributed by atoms with Gasteiger partial charge in [0.25, 0.3) is 0 Å². The molecule has 2 heterocycles. The van der Waals surface area contributed by atoms with Crippen molar-refractivity contribution in [3.63, 3.8) is 0 Å². The maximum absolute atomic E-state index is 13.3. The van der Waals surface area contributed by atoms with Crippen molar-refractivity contribution in [2.24, 2.45) is 0 Å². The van der Waals surface area contributed by atoms with Gasteiger partial charge in [0.2, 0.25) is 15.8 Å². The Kier molecular flexibility index (Phi) is 6.51. The molecule has 3 aromatic rings. The molecule has 180 valence electrons. The molecule has 1 atom stereocenters. The van der Waals surface area contributed by atoms with Gasteiger partial charge in [-0.25, -0.2) is 17.5 Å². The number of nitrogens with zero attached hydrogens (tertiary/aromatic N) is 2. The third-order valence-electron chi connectivity index (χ3n) is 6.21. The van der Waals surface area contributed by atoms with Crippen LogP contribution in [0.4, 0.5) is 5.69 Å². The Balaban J connectivity index is 1.67. The molecule has 0 spiro atoms. The van der Waals surface area contributed by atoms with E-state index in [1.54, 1.807) is 6.07 Å². The fraction of sp³-hybridized carbons (Fsp3) is 0.360. The van der Waals surface area contributed by atoms with E-state index in [1.807, 2.05) is 36.1 Å². The van der Waals surface area contributed by atoms with Crippen molar-refractivity contribution < 1.29 is 22.7 Å². The highest BCUT2D eigenvalue weighted by molar-refractivity contribution is 7.89. The number of ether oxygens (including phenoxy) is 1. The van der Waals surface area contributed by atoms with Crippen LogP contribution in [-0.4, -0.2) is 62.7 Å². The van der Waals surface area contributed by atoms with E-state index >= 15 is 0 Å². The molecule has 1 saturated heterocycles. The Morgan fingerprint density at radius 3 is 2.44 bits per heavy atom. The van der Waals surface area contributed by atoms with Crippen molar-refractivity contribution in [3.05, 3.63) is 59.3 Å². The molecule has 8 nitrogen and oxygen atoms in total. The largest absolute Gasteiger partial charge is 0.451 e. The molecule has 9 heteroatoms. The molecule has 0 aliphatic carbocycles. The molecule has 4 rings (SSSR count). The van der Waals surface area contributed by atoms with Crippen LogP contribution in [0.15, 0.2) is 47.4 Å². The molecule has 1 fully saturated rings. The Bertz CT molecular complexity index is 1350. The standard InChI is InChI=1S/C25H29N3O5S/c1-16-23(19-9-5-6-10-21(19)26-16)24(29)17(2)33-25(30)20-15-18(34(31,32)27(3)4)11-12-22(20)28-13-7-8-14-28/h5-6,9-12,15,17,26H,7-8,13-14H2,1-4H3/t17-/m1/s1. The molecule has 2 aromatic carbocycles. The lowest BCUT2D eigenvalue weighted by Gasteiger charge is -2.23. The lowest BCUT2D eigenvalue weighted by molar-refractivity contribution is 0.0319. The summed E-state index contributed by atoms with van der Waals surface area (Å²) in [7, 11) is -0.874. The highest BCUT2D eigenvalue weighted by Crippen LogP contribution is 2.30. The van der Waals surface area contributed by atoms with E-state index in [1.165, 1.54) is 33.2 Å². The summed E-state index contributed by atoms with van der Waals surface area (Å²) in [5.41, 5.74) is 2.77. The van der Waals surface area contributed by atoms with Gasteiger partial charge in [0.05, 0.1) is 16.1 Å². The van der Waals surface area contributed by atoms with Gasteiger partial charge in [-0.05, 0) is 51.0 Å². The van der Waals surface area contributed by atoms with Gasteiger partial charge in [0.15, 0.2) is 6.10 Å². The summed E-state index contributed by atoms with van der Waals surface area (Å²) in [6, 6.07) is 12.0. The third kappa shape index (κ3) is 4.33. The summed E-state index contributed by atoms with van der Waals surface area (Å²) < 4.78 is 32.1. The van der Waals surface area contributed by atoms with Crippen LogP contribution < -0.4 is 4.90 Å². The third-order valence-corrected chi connectivity index (χ3v) is 8.02. The second kappa shape index (κ2) is 9.23.